The second-order valence-corrected chi connectivity index (χ2v) is 13.2. The molecular formula is C29H48O3. The highest BCUT2D eigenvalue weighted by molar-refractivity contribution is 5.45. The van der Waals surface area contributed by atoms with Crippen molar-refractivity contribution in [1.29, 1.82) is 0 Å². The summed E-state index contributed by atoms with van der Waals surface area (Å²) in [5.74, 6) is 3.69. The molecule has 1 saturated heterocycles. The fraction of sp³-hybridized carbons (Fsp3) is 0.931. The van der Waals surface area contributed by atoms with E-state index < -0.39 is 6.10 Å². The van der Waals surface area contributed by atoms with Gasteiger partial charge in [0.05, 0.1) is 6.10 Å². The Balaban J connectivity index is 1.39. The van der Waals surface area contributed by atoms with Crippen LogP contribution in [0, 0.1) is 40.4 Å². The summed E-state index contributed by atoms with van der Waals surface area (Å²) in [6.07, 6.45) is 10.7. The third kappa shape index (κ3) is 3.09. The first-order valence-corrected chi connectivity index (χ1v) is 13.9. The maximum atomic E-state index is 11.5. The molecule has 3 nitrogen and oxygen atoms in total. The molecule has 3 heteroatoms. The molecule has 0 radical (unpaired) electrons. The molecule has 0 unspecified atom stereocenters. The van der Waals surface area contributed by atoms with Crippen LogP contribution in [0.5, 0.6) is 0 Å². The first-order chi connectivity index (χ1) is 15.1. The number of ether oxygens (including phenoxy) is 1. The van der Waals surface area contributed by atoms with E-state index in [-0.39, 0.29) is 23.2 Å². The predicted molar refractivity (Wildman–Crippen MR) is 129 cm³/mol. The quantitative estimate of drug-likeness (QED) is 0.375. The van der Waals surface area contributed by atoms with Crippen molar-refractivity contribution in [2.24, 2.45) is 40.4 Å². The van der Waals surface area contributed by atoms with E-state index in [1.54, 1.807) is 0 Å². The molecular weight excluding hydrogens is 396 g/mol. The Hall–Kier alpha value is -0.380. The Labute approximate surface area is 196 Å². The van der Waals surface area contributed by atoms with Crippen LogP contribution in [0.15, 0.2) is 11.1 Å². The number of aliphatic hydroxyl groups is 2. The van der Waals surface area contributed by atoms with Crippen molar-refractivity contribution in [2.45, 2.75) is 130 Å². The monoisotopic (exact) mass is 444 g/mol. The summed E-state index contributed by atoms with van der Waals surface area (Å²) in [6.45, 7) is 14.6. The van der Waals surface area contributed by atoms with Gasteiger partial charge < -0.3 is 14.9 Å². The summed E-state index contributed by atoms with van der Waals surface area (Å²) in [5.41, 5.74) is 2.96. The lowest BCUT2D eigenvalue weighted by atomic mass is 9.49. The highest BCUT2D eigenvalue weighted by atomic mass is 16.6. The van der Waals surface area contributed by atoms with Crippen LogP contribution in [0.4, 0.5) is 0 Å². The molecule has 0 bridgehead atoms. The minimum atomic E-state index is -0.451. The lowest BCUT2D eigenvalue weighted by molar-refractivity contribution is -0.00168. The van der Waals surface area contributed by atoms with Crippen molar-refractivity contribution in [3.05, 3.63) is 11.1 Å². The van der Waals surface area contributed by atoms with Gasteiger partial charge in [-0.05, 0) is 85.5 Å². The van der Waals surface area contributed by atoms with Crippen molar-refractivity contribution >= 4 is 0 Å². The zero-order chi connectivity index (χ0) is 23.1. The van der Waals surface area contributed by atoms with Crippen LogP contribution in [0.25, 0.3) is 0 Å². The minimum Gasteiger partial charge on any atom is -0.393 e. The van der Waals surface area contributed by atoms with E-state index in [2.05, 4.69) is 41.5 Å². The Morgan fingerprint density at radius 3 is 2.47 bits per heavy atom. The molecule has 0 amide bonds. The van der Waals surface area contributed by atoms with Gasteiger partial charge >= 0.3 is 0 Å². The van der Waals surface area contributed by atoms with Crippen LogP contribution < -0.4 is 0 Å². The van der Waals surface area contributed by atoms with Gasteiger partial charge in [-0.25, -0.2) is 0 Å². The number of hydrogen-bond donors (Lipinski definition) is 2. The Morgan fingerprint density at radius 2 is 1.78 bits per heavy atom. The van der Waals surface area contributed by atoms with Gasteiger partial charge in [0, 0.05) is 11.8 Å². The van der Waals surface area contributed by atoms with Crippen LogP contribution in [0.1, 0.15) is 106 Å². The number of aliphatic hydroxyl groups excluding tert-OH is 2. The fourth-order valence-electron chi connectivity index (χ4n) is 9.52. The van der Waals surface area contributed by atoms with Gasteiger partial charge in [-0.3, -0.25) is 0 Å². The maximum absolute atomic E-state index is 11.5. The number of rotatable bonds is 6. The largest absolute Gasteiger partial charge is 0.393 e. The molecule has 5 rings (SSSR count). The van der Waals surface area contributed by atoms with Crippen molar-refractivity contribution in [3.8, 4) is 0 Å². The Morgan fingerprint density at radius 1 is 1.03 bits per heavy atom. The van der Waals surface area contributed by atoms with E-state index >= 15 is 0 Å². The zero-order valence-electron chi connectivity index (χ0n) is 21.5. The third-order valence-corrected chi connectivity index (χ3v) is 11.7. The molecule has 10 atom stereocenters. The molecule has 0 aromatic heterocycles. The summed E-state index contributed by atoms with van der Waals surface area (Å²) in [6, 6.07) is 0. The average Bonchev–Trinajstić information content (AvgIpc) is 3.36. The Kier molecular flexibility index (Phi) is 5.71. The number of fused-ring (bicyclic) bond motifs is 3. The molecule has 0 aromatic rings. The van der Waals surface area contributed by atoms with E-state index in [0.29, 0.717) is 17.8 Å². The summed E-state index contributed by atoms with van der Waals surface area (Å²) in [4.78, 5) is 0. The molecule has 2 N–H and O–H groups in total. The van der Waals surface area contributed by atoms with Gasteiger partial charge in [-0.1, -0.05) is 60.0 Å². The molecule has 5 aliphatic rings. The van der Waals surface area contributed by atoms with E-state index in [0.717, 1.165) is 42.9 Å². The van der Waals surface area contributed by atoms with Gasteiger partial charge in [-0.15, -0.1) is 0 Å². The molecule has 32 heavy (non-hydrogen) atoms. The minimum absolute atomic E-state index is 0.0160. The van der Waals surface area contributed by atoms with Crippen molar-refractivity contribution in [3.63, 3.8) is 0 Å². The van der Waals surface area contributed by atoms with Crippen LogP contribution in [0.3, 0.4) is 0 Å². The van der Waals surface area contributed by atoms with E-state index in [9.17, 15) is 10.2 Å². The van der Waals surface area contributed by atoms with Crippen LogP contribution >= 0.6 is 0 Å². The number of epoxide rings is 1. The molecule has 4 aliphatic carbocycles. The molecule has 1 heterocycles. The van der Waals surface area contributed by atoms with Crippen LogP contribution in [0.2, 0.25) is 0 Å². The predicted octanol–water partition coefficient (Wildman–Crippen LogP) is 6.27. The van der Waals surface area contributed by atoms with Crippen molar-refractivity contribution in [1.82, 2.24) is 0 Å². The van der Waals surface area contributed by atoms with E-state index in [4.69, 9.17) is 4.74 Å². The average molecular weight is 445 g/mol. The molecule has 0 aromatic carbocycles. The summed E-state index contributed by atoms with van der Waals surface area (Å²) in [5, 5.41) is 21.9. The maximum Gasteiger partial charge on any atom is 0.118 e. The lowest BCUT2D eigenvalue weighted by Crippen LogP contribution is -2.55. The summed E-state index contributed by atoms with van der Waals surface area (Å²) >= 11 is 0. The second kappa shape index (κ2) is 7.82. The van der Waals surface area contributed by atoms with Gasteiger partial charge in [0.25, 0.3) is 0 Å². The standard InChI is InChI=1S/C29H48O3/c1-7-19(17(2)3)9-8-18(4)21-10-11-22-24-23(13-14-27(21,22)5)28(6)15-12-20(30)16-29(28)26(32-29)25(24)31/h17-22,25-26,30-31H,7-16H2,1-6H3/t18-,19-,20+,21-,22+,25+,26+,27-,28-,29+/m1/s1. The lowest BCUT2D eigenvalue weighted by Gasteiger charge is -2.54. The SMILES string of the molecule is CC[C@H](CC[C@@H](C)[C@H]1CC[C@H]2C3=C(CC[C@]12C)[C@@]1(C)CC[C@H](O)C[C@@]12O[C@H]2[C@H]3O)C(C)C. The number of hydrogen-bond acceptors (Lipinski definition) is 3. The normalized spacial score (nSPS) is 49.2. The fourth-order valence-corrected chi connectivity index (χ4v) is 9.52. The first kappa shape index (κ1) is 23.4. The second-order valence-electron chi connectivity index (χ2n) is 13.2. The molecule has 3 fully saturated rings. The topological polar surface area (TPSA) is 53.0 Å². The molecule has 182 valence electrons. The molecule has 1 aliphatic heterocycles. The highest BCUT2D eigenvalue weighted by Gasteiger charge is 2.76. The Bertz CT molecular complexity index is 772. The molecule has 2 saturated carbocycles. The van der Waals surface area contributed by atoms with Crippen LogP contribution in [-0.4, -0.2) is 34.1 Å². The van der Waals surface area contributed by atoms with Crippen LogP contribution in [-0.2, 0) is 4.74 Å². The van der Waals surface area contributed by atoms with Gasteiger partial charge in [0.2, 0.25) is 0 Å². The van der Waals surface area contributed by atoms with Gasteiger partial charge in [0.15, 0.2) is 0 Å². The summed E-state index contributed by atoms with van der Waals surface area (Å²) < 4.78 is 6.35. The van der Waals surface area contributed by atoms with Crippen molar-refractivity contribution in [2.75, 3.05) is 0 Å². The smallest absolute Gasteiger partial charge is 0.118 e. The summed E-state index contributed by atoms with van der Waals surface area (Å²) in [7, 11) is 0. The zero-order valence-corrected chi connectivity index (χ0v) is 21.5. The van der Waals surface area contributed by atoms with E-state index in [1.807, 2.05) is 0 Å². The van der Waals surface area contributed by atoms with Gasteiger partial charge in [0.1, 0.15) is 17.8 Å². The molecule has 1 spiro atoms. The highest BCUT2D eigenvalue weighted by Crippen LogP contribution is 2.72. The van der Waals surface area contributed by atoms with Gasteiger partial charge in [-0.2, -0.15) is 0 Å². The first-order valence-electron chi connectivity index (χ1n) is 13.9. The third-order valence-electron chi connectivity index (χ3n) is 11.7. The van der Waals surface area contributed by atoms with E-state index in [1.165, 1.54) is 49.7 Å². The van der Waals surface area contributed by atoms with Crippen molar-refractivity contribution < 1.29 is 14.9 Å².